The maximum Gasteiger partial charge on any atom is 0.338 e. The molecule has 2 fully saturated rings. The molecule has 2 aliphatic heterocycles. The number of halogens is 1. The van der Waals surface area contributed by atoms with Gasteiger partial charge in [0, 0.05) is 6.42 Å². The molecule has 9 heteroatoms. The number of ether oxygens (including phenoxy) is 3. The lowest BCUT2D eigenvalue weighted by Gasteiger charge is -2.35. The average molecular weight is 388 g/mol. The minimum absolute atomic E-state index is 0.0343. The van der Waals surface area contributed by atoms with Crippen LogP contribution in [-0.4, -0.2) is 49.1 Å². The van der Waals surface area contributed by atoms with Gasteiger partial charge in [0.25, 0.3) is 10.1 Å². The SMILES string of the molecule is CCC1(Oc2cc(C(=O)OCCS(=O)(=O)O)ccc2F)CC2CCC1O2. The Balaban J connectivity index is 1.72. The van der Waals surface area contributed by atoms with Crippen LogP contribution in [-0.2, 0) is 19.6 Å². The average Bonchev–Trinajstić information content (AvgIpc) is 3.17. The van der Waals surface area contributed by atoms with Crippen LogP contribution in [0, 0.1) is 5.82 Å². The maximum atomic E-state index is 14.2. The van der Waals surface area contributed by atoms with Gasteiger partial charge in [0.15, 0.2) is 11.6 Å². The molecular weight excluding hydrogens is 367 g/mol. The van der Waals surface area contributed by atoms with Crippen LogP contribution in [0.5, 0.6) is 5.75 Å². The number of fused-ring (bicyclic) bond motifs is 2. The van der Waals surface area contributed by atoms with Gasteiger partial charge in [-0.2, -0.15) is 8.42 Å². The number of carbonyl (C=O) groups is 1. The highest BCUT2D eigenvalue weighted by Crippen LogP contribution is 2.46. The molecular formula is C17H21FO7S. The summed E-state index contributed by atoms with van der Waals surface area (Å²) in [5.41, 5.74) is -0.580. The third-order valence-electron chi connectivity index (χ3n) is 4.92. The Morgan fingerprint density at radius 2 is 2.19 bits per heavy atom. The second-order valence-electron chi connectivity index (χ2n) is 6.62. The fourth-order valence-corrected chi connectivity index (χ4v) is 3.86. The van der Waals surface area contributed by atoms with Crippen LogP contribution in [0.15, 0.2) is 18.2 Å². The highest BCUT2D eigenvalue weighted by atomic mass is 32.2. The number of hydrogen-bond donors (Lipinski definition) is 1. The molecule has 1 N–H and O–H groups in total. The molecule has 7 nitrogen and oxygen atoms in total. The summed E-state index contributed by atoms with van der Waals surface area (Å²) in [4.78, 5) is 12.0. The summed E-state index contributed by atoms with van der Waals surface area (Å²) in [6.07, 6.45) is 3.18. The summed E-state index contributed by atoms with van der Waals surface area (Å²) >= 11 is 0. The van der Waals surface area contributed by atoms with Gasteiger partial charge in [-0.15, -0.1) is 0 Å². The van der Waals surface area contributed by atoms with Crippen molar-refractivity contribution in [1.29, 1.82) is 0 Å². The zero-order chi connectivity index (χ0) is 18.9. The smallest absolute Gasteiger partial charge is 0.338 e. The zero-order valence-electron chi connectivity index (χ0n) is 14.3. The van der Waals surface area contributed by atoms with Crippen LogP contribution in [0.2, 0.25) is 0 Å². The van der Waals surface area contributed by atoms with Crippen molar-refractivity contribution in [2.24, 2.45) is 0 Å². The molecule has 0 spiro atoms. The van der Waals surface area contributed by atoms with Gasteiger partial charge in [0.1, 0.15) is 18.0 Å². The fraction of sp³-hybridized carbons (Fsp3) is 0.588. The Kier molecular flexibility index (Phi) is 5.23. The highest BCUT2D eigenvalue weighted by molar-refractivity contribution is 7.85. The molecule has 1 aromatic rings. The van der Waals surface area contributed by atoms with Gasteiger partial charge in [0.2, 0.25) is 0 Å². The molecule has 1 aromatic carbocycles. The number of carbonyl (C=O) groups excluding carboxylic acids is 1. The van der Waals surface area contributed by atoms with Crippen molar-refractivity contribution in [3.8, 4) is 5.75 Å². The third kappa shape index (κ3) is 3.99. The van der Waals surface area contributed by atoms with Crippen molar-refractivity contribution in [2.75, 3.05) is 12.4 Å². The minimum atomic E-state index is -4.22. The van der Waals surface area contributed by atoms with Crippen LogP contribution in [0.25, 0.3) is 0 Å². The molecule has 3 atom stereocenters. The van der Waals surface area contributed by atoms with E-state index in [9.17, 15) is 17.6 Å². The van der Waals surface area contributed by atoms with E-state index in [2.05, 4.69) is 0 Å². The molecule has 0 amide bonds. The van der Waals surface area contributed by atoms with Crippen LogP contribution >= 0.6 is 0 Å². The Labute approximate surface area is 151 Å². The van der Waals surface area contributed by atoms with E-state index in [1.54, 1.807) is 0 Å². The fourth-order valence-electron chi connectivity index (χ4n) is 3.56. The summed E-state index contributed by atoms with van der Waals surface area (Å²) in [6.45, 7) is 1.46. The summed E-state index contributed by atoms with van der Waals surface area (Å²) in [7, 11) is -4.22. The van der Waals surface area contributed by atoms with Gasteiger partial charge in [-0.25, -0.2) is 9.18 Å². The lowest BCUT2D eigenvalue weighted by atomic mass is 9.82. The molecule has 0 aliphatic carbocycles. The molecule has 0 aromatic heterocycles. The summed E-state index contributed by atoms with van der Waals surface area (Å²) in [5.74, 6) is -2.20. The van der Waals surface area contributed by atoms with Gasteiger partial charge in [0.05, 0.1) is 17.8 Å². The molecule has 0 radical (unpaired) electrons. The topological polar surface area (TPSA) is 99.1 Å². The third-order valence-corrected chi connectivity index (χ3v) is 5.60. The highest BCUT2D eigenvalue weighted by Gasteiger charge is 2.53. The van der Waals surface area contributed by atoms with Crippen LogP contribution in [0.3, 0.4) is 0 Å². The van der Waals surface area contributed by atoms with E-state index >= 15 is 0 Å². The molecule has 144 valence electrons. The Morgan fingerprint density at radius 1 is 1.42 bits per heavy atom. The Morgan fingerprint density at radius 3 is 2.77 bits per heavy atom. The summed E-state index contributed by atoms with van der Waals surface area (Å²) in [5, 5.41) is 0. The maximum absolute atomic E-state index is 14.2. The molecule has 0 saturated carbocycles. The lowest BCUT2D eigenvalue weighted by Crippen LogP contribution is -2.45. The predicted molar refractivity (Wildman–Crippen MR) is 89.3 cm³/mol. The number of hydrogen-bond acceptors (Lipinski definition) is 6. The van der Waals surface area contributed by atoms with Crippen molar-refractivity contribution in [2.45, 2.75) is 50.4 Å². The van der Waals surface area contributed by atoms with Crippen molar-refractivity contribution >= 4 is 16.1 Å². The van der Waals surface area contributed by atoms with E-state index in [0.29, 0.717) is 12.8 Å². The van der Waals surface area contributed by atoms with E-state index in [-0.39, 0.29) is 23.5 Å². The van der Waals surface area contributed by atoms with Crippen molar-refractivity contribution in [3.05, 3.63) is 29.6 Å². The van der Waals surface area contributed by atoms with Crippen molar-refractivity contribution in [3.63, 3.8) is 0 Å². The molecule has 2 saturated heterocycles. The van der Waals surface area contributed by atoms with E-state index in [1.165, 1.54) is 12.1 Å². The molecule has 3 rings (SSSR count). The summed E-state index contributed by atoms with van der Waals surface area (Å²) < 4.78 is 60.8. The monoisotopic (exact) mass is 388 g/mol. The van der Waals surface area contributed by atoms with Crippen molar-refractivity contribution in [1.82, 2.24) is 0 Å². The largest absolute Gasteiger partial charge is 0.481 e. The van der Waals surface area contributed by atoms with Gasteiger partial charge < -0.3 is 14.2 Å². The van der Waals surface area contributed by atoms with Gasteiger partial charge in [-0.3, -0.25) is 4.55 Å². The Bertz CT molecular complexity index is 794. The molecule has 2 heterocycles. The number of esters is 1. The Hall–Kier alpha value is -1.71. The van der Waals surface area contributed by atoms with E-state index in [1.807, 2.05) is 6.92 Å². The second kappa shape index (κ2) is 7.13. The first-order chi connectivity index (χ1) is 12.2. The first-order valence-corrected chi connectivity index (χ1v) is 10.1. The molecule has 3 unspecified atom stereocenters. The molecule has 2 aliphatic rings. The van der Waals surface area contributed by atoms with Gasteiger partial charge in [-0.1, -0.05) is 6.92 Å². The summed E-state index contributed by atoms with van der Waals surface area (Å²) in [6, 6.07) is 3.58. The first-order valence-electron chi connectivity index (χ1n) is 8.49. The molecule has 2 bridgehead atoms. The zero-order valence-corrected chi connectivity index (χ0v) is 15.1. The van der Waals surface area contributed by atoms with Crippen LogP contribution in [0.1, 0.15) is 43.0 Å². The van der Waals surface area contributed by atoms with E-state index in [4.69, 9.17) is 18.8 Å². The minimum Gasteiger partial charge on any atom is -0.481 e. The number of benzene rings is 1. The van der Waals surface area contributed by atoms with E-state index in [0.717, 1.165) is 18.9 Å². The first kappa shape index (κ1) is 19.1. The molecule has 26 heavy (non-hydrogen) atoms. The normalized spacial score (nSPS) is 27.5. The van der Waals surface area contributed by atoms with E-state index < -0.39 is 39.9 Å². The standard InChI is InChI=1S/C17H21FO7S/c1-2-17(10-12-4-6-15(17)24-12)25-14-9-11(3-5-13(14)18)16(19)23-7-8-26(20,21)22/h3,5,9,12,15H,2,4,6-8,10H2,1H3,(H,20,21,22). The lowest BCUT2D eigenvalue weighted by molar-refractivity contribution is -0.0136. The second-order valence-corrected chi connectivity index (χ2v) is 8.19. The quantitative estimate of drug-likeness (QED) is 0.565. The van der Waals surface area contributed by atoms with Gasteiger partial charge in [-0.05, 0) is 37.5 Å². The van der Waals surface area contributed by atoms with Crippen LogP contribution in [0.4, 0.5) is 4.39 Å². The van der Waals surface area contributed by atoms with Crippen LogP contribution < -0.4 is 4.74 Å². The predicted octanol–water partition coefficient (Wildman–Crippen LogP) is 2.35. The van der Waals surface area contributed by atoms with Crippen molar-refractivity contribution < 1.29 is 36.4 Å². The van der Waals surface area contributed by atoms with Gasteiger partial charge >= 0.3 is 5.97 Å². The number of rotatable bonds is 7.